The summed E-state index contributed by atoms with van der Waals surface area (Å²) in [6, 6.07) is 0. The quantitative estimate of drug-likeness (QED) is 0.815. The summed E-state index contributed by atoms with van der Waals surface area (Å²) in [7, 11) is 0. The second kappa shape index (κ2) is 4.36. The Balaban J connectivity index is 1.99. The average molecular weight is 212 g/mol. The fourth-order valence-corrected chi connectivity index (χ4v) is 2.83. The van der Waals surface area contributed by atoms with Gasteiger partial charge in [0, 0.05) is 4.88 Å². The summed E-state index contributed by atoms with van der Waals surface area (Å²) in [5.74, 6) is 0.435. The molecule has 4 heteroatoms. The SMILES string of the molecule is Cc1nnsc1CC1CCCCC1O. The number of hydrogen-bond acceptors (Lipinski definition) is 4. The lowest BCUT2D eigenvalue weighted by molar-refractivity contribution is 0.0703. The first-order valence-electron chi connectivity index (χ1n) is 5.23. The Hall–Kier alpha value is -0.480. The summed E-state index contributed by atoms with van der Waals surface area (Å²) in [5, 5.41) is 13.8. The molecule has 1 saturated carbocycles. The van der Waals surface area contributed by atoms with Crippen molar-refractivity contribution in [2.45, 2.75) is 45.1 Å². The zero-order valence-electron chi connectivity index (χ0n) is 8.44. The minimum Gasteiger partial charge on any atom is -0.393 e. The van der Waals surface area contributed by atoms with Crippen LogP contribution in [0, 0.1) is 12.8 Å². The molecule has 1 aromatic heterocycles. The van der Waals surface area contributed by atoms with Crippen LogP contribution in [0.15, 0.2) is 0 Å². The molecule has 0 radical (unpaired) electrons. The molecule has 1 fully saturated rings. The highest BCUT2D eigenvalue weighted by Crippen LogP contribution is 2.28. The molecule has 14 heavy (non-hydrogen) atoms. The van der Waals surface area contributed by atoms with Gasteiger partial charge in [0.2, 0.25) is 0 Å². The molecule has 1 heterocycles. The van der Waals surface area contributed by atoms with Gasteiger partial charge in [-0.1, -0.05) is 17.3 Å². The summed E-state index contributed by atoms with van der Waals surface area (Å²) in [5.41, 5.74) is 1.03. The van der Waals surface area contributed by atoms with Crippen LogP contribution in [0.25, 0.3) is 0 Å². The van der Waals surface area contributed by atoms with Crippen molar-refractivity contribution < 1.29 is 5.11 Å². The highest BCUT2D eigenvalue weighted by atomic mass is 32.1. The van der Waals surface area contributed by atoms with E-state index in [1.807, 2.05) is 6.92 Å². The fourth-order valence-electron chi connectivity index (χ4n) is 2.10. The van der Waals surface area contributed by atoms with Gasteiger partial charge in [-0.3, -0.25) is 0 Å². The Morgan fingerprint density at radius 3 is 2.86 bits per heavy atom. The molecule has 1 N–H and O–H groups in total. The molecular formula is C10H16N2OS. The highest BCUT2D eigenvalue weighted by Gasteiger charge is 2.24. The van der Waals surface area contributed by atoms with Crippen molar-refractivity contribution >= 4 is 11.5 Å². The predicted molar refractivity (Wildman–Crippen MR) is 56.3 cm³/mol. The lowest BCUT2D eigenvalue weighted by Gasteiger charge is -2.26. The molecule has 0 bridgehead atoms. The van der Waals surface area contributed by atoms with Crippen LogP contribution in [-0.4, -0.2) is 20.8 Å². The van der Waals surface area contributed by atoms with Crippen LogP contribution < -0.4 is 0 Å². The van der Waals surface area contributed by atoms with Crippen LogP contribution in [0.5, 0.6) is 0 Å². The molecule has 1 aliphatic carbocycles. The van der Waals surface area contributed by atoms with Gasteiger partial charge in [-0.15, -0.1) is 5.10 Å². The molecule has 0 aromatic carbocycles. The van der Waals surface area contributed by atoms with Crippen molar-refractivity contribution in [1.82, 2.24) is 9.59 Å². The van der Waals surface area contributed by atoms with E-state index in [2.05, 4.69) is 9.59 Å². The van der Waals surface area contributed by atoms with Gasteiger partial charge in [-0.2, -0.15) is 0 Å². The number of aliphatic hydroxyl groups is 1. The molecule has 3 nitrogen and oxygen atoms in total. The minimum absolute atomic E-state index is 0.106. The Morgan fingerprint density at radius 1 is 1.43 bits per heavy atom. The number of nitrogens with zero attached hydrogens (tertiary/aromatic N) is 2. The first-order chi connectivity index (χ1) is 6.77. The van der Waals surface area contributed by atoms with Crippen molar-refractivity contribution in [2.24, 2.45) is 5.92 Å². The first-order valence-corrected chi connectivity index (χ1v) is 6.00. The molecule has 0 amide bonds. The van der Waals surface area contributed by atoms with Gasteiger partial charge in [0.15, 0.2) is 0 Å². The van der Waals surface area contributed by atoms with Gasteiger partial charge >= 0.3 is 0 Å². The van der Waals surface area contributed by atoms with Gasteiger partial charge in [0.25, 0.3) is 0 Å². The molecule has 0 spiro atoms. The van der Waals surface area contributed by atoms with Gasteiger partial charge in [-0.05, 0) is 43.6 Å². The largest absolute Gasteiger partial charge is 0.393 e. The third-order valence-corrected chi connectivity index (χ3v) is 3.91. The second-order valence-electron chi connectivity index (χ2n) is 4.10. The molecular weight excluding hydrogens is 196 g/mol. The fraction of sp³-hybridized carbons (Fsp3) is 0.800. The van der Waals surface area contributed by atoms with Crippen molar-refractivity contribution in [1.29, 1.82) is 0 Å². The Bertz CT molecular complexity index is 300. The van der Waals surface area contributed by atoms with E-state index in [4.69, 9.17) is 0 Å². The lowest BCUT2D eigenvalue weighted by Crippen LogP contribution is -2.26. The van der Waals surface area contributed by atoms with Crippen LogP contribution in [-0.2, 0) is 6.42 Å². The monoisotopic (exact) mass is 212 g/mol. The Labute approximate surface area is 88.3 Å². The van der Waals surface area contributed by atoms with Crippen LogP contribution in [0.2, 0.25) is 0 Å². The summed E-state index contributed by atoms with van der Waals surface area (Å²) in [6.07, 6.45) is 5.41. The van der Waals surface area contributed by atoms with Crippen molar-refractivity contribution in [2.75, 3.05) is 0 Å². The normalized spacial score (nSPS) is 27.9. The van der Waals surface area contributed by atoms with Gasteiger partial charge < -0.3 is 5.11 Å². The molecule has 2 rings (SSSR count). The van der Waals surface area contributed by atoms with E-state index in [1.165, 1.54) is 29.3 Å². The van der Waals surface area contributed by atoms with Crippen LogP contribution in [0.4, 0.5) is 0 Å². The van der Waals surface area contributed by atoms with Gasteiger partial charge in [-0.25, -0.2) is 0 Å². The Kier molecular flexibility index (Phi) is 3.13. The molecule has 1 aliphatic rings. The summed E-state index contributed by atoms with van der Waals surface area (Å²) in [4.78, 5) is 1.25. The number of rotatable bonds is 2. The minimum atomic E-state index is -0.106. The number of aromatic nitrogens is 2. The van der Waals surface area contributed by atoms with Crippen molar-refractivity contribution in [3.8, 4) is 0 Å². The van der Waals surface area contributed by atoms with E-state index < -0.39 is 0 Å². The summed E-state index contributed by atoms with van der Waals surface area (Å²) in [6.45, 7) is 1.99. The van der Waals surface area contributed by atoms with Gasteiger partial charge in [0.1, 0.15) is 0 Å². The molecule has 2 unspecified atom stereocenters. The Morgan fingerprint density at radius 2 is 2.21 bits per heavy atom. The van der Waals surface area contributed by atoms with Crippen LogP contribution in [0.1, 0.15) is 36.3 Å². The highest BCUT2D eigenvalue weighted by molar-refractivity contribution is 7.05. The molecule has 1 aromatic rings. The van der Waals surface area contributed by atoms with Crippen molar-refractivity contribution in [3.63, 3.8) is 0 Å². The second-order valence-corrected chi connectivity index (χ2v) is 4.94. The molecule has 0 aliphatic heterocycles. The first kappa shape index (κ1) is 10.1. The smallest absolute Gasteiger partial charge is 0.0756 e. The molecule has 0 saturated heterocycles. The van der Waals surface area contributed by atoms with Crippen molar-refractivity contribution in [3.05, 3.63) is 10.6 Å². The van der Waals surface area contributed by atoms with Crippen LogP contribution in [0.3, 0.4) is 0 Å². The zero-order chi connectivity index (χ0) is 9.97. The third-order valence-electron chi connectivity index (χ3n) is 3.06. The topological polar surface area (TPSA) is 46.0 Å². The standard InChI is InChI=1S/C10H16N2OS/c1-7-10(14-12-11-7)6-8-4-2-3-5-9(8)13/h8-9,13H,2-6H2,1H3. The molecule has 78 valence electrons. The maximum absolute atomic E-state index is 9.82. The van der Waals surface area contributed by atoms with E-state index in [0.29, 0.717) is 5.92 Å². The zero-order valence-corrected chi connectivity index (χ0v) is 9.26. The van der Waals surface area contributed by atoms with Gasteiger partial charge in [0.05, 0.1) is 11.8 Å². The van der Waals surface area contributed by atoms with Crippen LogP contribution >= 0.6 is 11.5 Å². The van der Waals surface area contributed by atoms with E-state index in [1.54, 1.807) is 0 Å². The average Bonchev–Trinajstić information content (AvgIpc) is 2.56. The number of hydrogen-bond donors (Lipinski definition) is 1. The third kappa shape index (κ3) is 2.12. The lowest BCUT2D eigenvalue weighted by atomic mass is 9.84. The maximum Gasteiger partial charge on any atom is 0.0756 e. The molecule has 2 atom stereocenters. The maximum atomic E-state index is 9.82. The predicted octanol–water partition coefficient (Wildman–Crippen LogP) is 1.94. The van der Waals surface area contributed by atoms with E-state index in [-0.39, 0.29) is 6.10 Å². The van der Waals surface area contributed by atoms with E-state index >= 15 is 0 Å². The summed E-state index contributed by atoms with van der Waals surface area (Å²) < 4.78 is 3.92. The summed E-state index contributed by atoms with van der Waals surface area (Å²) >= 11 is 1.47. The number of aryl methyl sites for hydroxylation is 1. The van der Waals surface area contributed by atoms with E-state index in [0.717, 1.165) is 25.0 Å². The number of aliphatic hydroxyl groups excluding tert-OH is 1. The van der Waals surface area contributed by atoms with E-state index in [9.17, 15) is 5.11 Å².